The number of hydrogen-bond donors (Lipinski definition) is 1. The van der Waals surface area contributed by atoms with Crippen LogP contribution in [0, 0.1) is 6.92 Å². The fourth-order valence-corrected chi connectivity index (χ4v) is 3.96. The summed E-state index contributed by atoms with van der Waals surface area (Å²) in [6, 6.07) is 8.34. The lowest BCUT2D eigenvalue weighted by Gasteiger charge is -2.04. The molecule has 2 heterocycles. The van der Waals surface area contributed by atoms with Gasteiger partial charge in [-0.25, -0.2) is 4.98 Å². The van der Waals surface area contributed by atoms with Crippen LogP contribution < -0.4 is 10.2 Å². The van der Waals surface area contributed by atoms with Crippen molar-refractivity contribution in [2.75, 3.05) is 5.32 Å². The molecule has 0 aliphatic heterocycles. The van der Waals surface area contributed by atoms with Crippen LogP contribution in [0.1, 0.15) is 24.6 Å². The zero-order chi connectivity index (χ0) is 17.8. The number of benzene rings is 1. The molecule has 0 saturated carbocycles. The zero-order valence-corrected chi connectivity index (χ0v) is 15.7. The molecule has 2 aromatic heterocycles. The summed E-state index contributed by atoms with van der Waals surface area (Å²) in [5, 5.41) is 6.98. The number of carbonyl (C=O) groups is 1. The zero-order valence-electron chi connectivity index (χ0n) is 14.1. The molecule has 0 saturated heterocycles. The van der Waals surface area contributed by atoms with E-state index in [1.54, 1.807) is 5.38 Å². The molecule has 3 rings (SSSR count). The topological polar surface area (TPSA) is 64.0 Å². The molecule has 0 radical (unpaired) electrons. The molecule has 0 fully saturated rings. The van der Waals surface area contributed by atoms with Gasteiger partial charge in [-0.05, 0) is 18.9 Å². The van der Waals surface area contributed by atoms with Gasteiger partial charge in [0.1, 0.15) is 6.54 Å². The first-order valence-electron chi connectivity index (χ1n) is 8.06. The standard InChI is InChI=1S/C18H19N3O2S2/c1-3-4-13-5-7-14(8-6-13)15-11-24-17(19-15)20-16(22)9-21-12(2)10-25-18(21)23/h5-8,10-11H,3-4,9H2,1-2H3,(H,19,20,22). The normalized spacial score (nSPS) is 10.8. The third-order valence-electron chi connectivity index (χ3n) is 3.82. The van der Waals surface area contributed by atoms with Crippen LogP contribution in [0.2, 0.25) is 0 Å². The Balaban J connectivity index is 1.67. The van der Waals surface area contributed by atoms with Crippen molar-refractivity contribution in [2.45, 2.75) is 33.2 Å². The SMILES string of the molecule is CCCc1ccc(-c2csc(NC(=O)Cn3c(C)csc3=O)n2)cc1. The summed E-state index contributed by atoms with van der Waals surface area (Å²) in [5.74, 6) is -0.247. The number of hydrogen-bond acceptors (Lipinski definition) is 5. The molecule has 1 N–H and O–H groups in total. The highest BCUT2D eigenvalue weighted by Gasteiger charge is 2.11. The third kappa shape index (κ3) is 4.24. The van der Waals surface area contributed by atoms with Crippen molar-refractivity contribution < 1.29 is 4.79 Å². The van der Waals surface area contributed by atoms with Gasteiger partial charge in [0, 0.05) is 22.0 Å². The van der Waals surface area contributed by atoms with Crippen LogP contribution >= 0.6 is 22.7 Å². The van der Waals surface area contributed by atoms with Crippen molar-refractivity contribution in [1.82, 2.24) is 9.55 Å². The first-order chi connectivity index (χ1) is 12.1. The largest absolute Gasteiger partial charge is 0.307 e. The maximum absolute atomic E-state index is 12.1. The number of amides is 1. The summed E-state index contributed by atoms with van der Waals surface area (Å²) < 4.78 is 1.46. The van der Waals surface area contributed by atoms with Gasteiger partial charge in [-0.3, -0.25) is 14.2 Å². The van der Waals surface area contributed by atoms with Gasteiger partial charge in [0.2, 0.25) is 5.91 Å². The molecule has 1 aromatic carbocycles. The maximum atomic E-state index is 12.1. The quantitative estimate of drug-likeness (QED) is 0.712. The van der Waals surface area contributed by atoms with Crippen molar-refractivity contribution in [2.24, 2.45) is 0 Å². The van der Waals surface area contributed by atoms with Gasteiger partial charge in [-0.2, -0.15) is 0 Å². The summed E-state index contributed by atoms with van der Waals surface area (Å²) in [6.07, 6.45) is 2.19. The second-order valence-corrected chi connectivity index (χ2v) is 7.44. The number of carbonyl (C=O) groups excluding carboxylic acids is 1. The van der Waals surface area contributed by atoms with Gasteiger partial charge in [0.25, 0.3) is 0 Å². The third-order valence-corrected chi connectivity index (χ3v) is 5.46. The minimum absolute atomic E-state index is 0.00872. The van der Waals surface area contributed by atoms with Gasteiger partial charge in [-0.1, -0.05) is 48.9 Å². The Morgan fingerprint density at radius 2 is 1.96 bits per heavy atom. The van der Waals surface area contributed by atoms with Crippen molar-refractivity contribution in [3.05, 3.63) is 56.0 Å². The number of rotatable bonds is 6. The molecule has 1 amide bonds. The number of aryl methyl sites for hydroxylation is 2. The maximum Gasteiger partial charge on any atom is 0.307 e. The minimum Gasteiger partial charge on any atom is -0.300 e. The van der Waals surface area contributed by atoms with E-state index in [-0.39, 0.29) is 17.3 Å². The van der Waals surface area contributed by atoms with Crippen LogP contribution in [-0.4, -0.2) is 15.5 Å². The second kappa shape index (κ2) is 7.76. The Kier molecular flexibility index (Phi) is 5.45. The van der Waals surface area contributed by atoms with Gasteiger partial charge in [-0.15, -0.1) is 11.3 Å². The van der Waals surface area contributed by atoms with E-state index < -0.39 is 0 Å². The second-order valence-electron chi connectivity index (χ2n) is 5.76. The first-order valence-corrected chi connectivity index (χ1v) is 9.82. The highest BCUT2D eigenvalue weighted by molar-refractivity contribution is 7.14. The van der Waals surface area contributed by atoms with Crippen molar-refractivity contribution >= 4 is 33.7 Å². The van der Waals surface area contributed by atoms with E-state index in [1.165, 1.54) is 21.5 Å². The number of anilines is 1. The Morgan fingerprint density at radius 3 is 2.60 bits per heavy atom. The first kappa shape index (κ1) is 17.6. The molecular formula is C18H19N3O2S2. The Morgan fingerprint density at radius 1 is 1.20 bits per heavy atom. The molecule has 0 aliphatic carbocycles. The van der Waals surface area contributed by atoms with Crippen LogP contribution in [0.4, 0.5) is 5.13 Å². The molecule has 0 aliphatic rings. The van der Waals surface area contributed by atoms with Crippen LogP contribution in [0.15, 0.2) is 39.8 Å². The molecule has 0 bridgehead atoms. The molecule has 130 valence electrons. The van der Waals surface area contributed by atoms with Gasteiger partial charge in [0.05, 0.1) is 5.69 Å². The van der Waals surface area contributed by atoms with Crippen LogP contribution in [0.5, 0.6) is 0 Å². The van der Waals surface area contributed by atoms with E-state index in [4.69, 9.17) is 0 Å². The predicted molar refractivity (Wildman–Crippen MR) is 103 cm³/mol. The van der Waals surface area contributed by atoms with Gasteiger partial charge in [0.15, 0.2) is 5.13 Å². The van der Waals surface area contributed by atoms with Gasteiger partial charge < -0.3 is 5.32 Å². The van der Waals surface area contributed by atoms with E-state index in [1.807, 2.05) is 12.3 Å². The Labute approximate surface area is 154 Å². The molecule has 5 nitrogen and oxygen atoms in total. The highest BCUT2D eigenvalue weighted by Crippen LogP contribution is 2.25. The summed E-state index contributed by atoms with van der Waals surface area (Å²) in [6.45, 7) is 3.98. The van der Waals surface area contributed by atoms with Crippen LogP contribution in [0.3, 0.4) is 0 Å². The minimum atomic E-state index is -0.247. The van der Waals surface area contributed by atoms with E-state index in [9.17, 15) is 9.59 Å². The molecule has 0 atom stereocenters. The van der Waals surface area contributed by atoms with Crippen LogP contribution in [0.25, 0.3) is 11.3 Å². The van der Waals surface area contributed by atoms with E-state index in [2.05, 4.69) is 41.5 Å². The number of thiazole rings is 2. The summed E-state index contributed by atoms with van der Waals surface area (Å²) in [4.78, 5) is 28.2. The monoisotopic (exact) mass is 373 g/mol. The molecular weight excluding hydrogens is 354 g/mol. The Bertz CT molecular complexity index is 922. The lowest BCUT2D eigenvalue weighted by atomic mass is 10.1. The van der Waals surface area contributed by atoms with E-state index in [0.717, 1.165) is 41.1 Å². The van der Waals surface area contributed by atoms with E-state index >= 15 is 0 Å². The average molecular weight is 374 g/mol. The van der Waals surface area contributed by atoms with Crippen molar-refractivity contribution in [1.29, 1.82) is 0 Å². The fraction of sp³-hybridized carbons (Fsp3) is 0.278. The molecule has 0 spiro atoms. The highest BCUT2D eigenvalue weighted by atomic mass is 32.1. The number of nitrogens with zero attached hydrogens (tertiary/aromatic N) is 2. The average Bonchev–Trinajstić information content (AvgIpc) is 3.18. The van der Waals surface area contributed by atoms with Crippen molar-refractivity contribution in [3.8, 4) is 11.3 Å². The summed E-state index contributed by atoms with van der Waals surface area (Å²) in [7, 11) is 0. The van der Waals surface area contributed by atoms with Crippen LogP contribution in [-0.2, 0) is 17.8 Å². The molecule has 25 heavy (non-hydrogen) atoms. The fourth-order valence-electron chi connectivity index (χ4n) is 2.49. The predicted octanol–water partition coefficient (Wildman–Crippen LogP) is 3.93. The molecule has 0 unspecified atom stereocenters. The van der Waals surface area contributed by atoms with E-state index in [0.29, 0.717) is 5.13 Å². The lowest BCUT2D eigenvalue weighted by molar-refractivity contribution is -0.116. The van der Waals surface area contributed by atoms with Crippen molar-refractivity contribution in [3.63, 3.8) is 0 Å². The Hall–Kier alpha value is -2.25. The lowest BCUT2D eigenvalue weighted by Crippen LogP contribution is -2.25. The number of nitrogens with one attached hydrogen (secondary N) is 1. The number of aromatic nitrogens is 2. The molecule has 3 aromatic rings. The van der Waals surface area contributed by atoms with Gasteiger partial charge >= 0.3 is 4.87 Å². The molecule has 7 heteroatoms. The summed E-state index contributed by atoms with van der Waals surface area (Å²) >= 11 is 2.48. The summed E-state index contributed by atoms with van der Waals surface area (Å²) in [5.41, 5.74) is 3.97. The smallest absolute Gasteiger partial charge is 0.300 e.